The number of nitrogens with zero attached hydrogens (tertiary/aromatic N) is 2. The van der Waals surface area contributed by atoms with Crippen LogP contribution in [0.3, 0.4) is 0 Å². The first-order valence-electron chi connectivity index (χ1n) is 10.3. The van der Waals surface area contributed by atoms with Gasteiger partial charge in [-0.25, -0.2) is 0 Å². The van der Waals surface area contributed by atoms with Gasteiger partial charge in [0.2, 0.25) is 5.91 Å². The molecule has 1 unspecified atom stereocenters. The first kappa shape index (κ1) is 20.7. The van der Waals surface area contributed by atoms with Crippen LogP contribution in [0.25, 0.3) is 0 Å². The van der Waals surface area contributed by atoms with Crippen LogP contribution >= 0.6 is 11.8 Å². The molecule has 2 aliphatic rings. The third-order valence-electron chi connectivity index (χ3n) is 5.91. The van der Waals surface area contributed by atoms with E-state index >= 15 is 0 Å². The van der Waals surface area contributed by atoms with E-state index in [4.69, 9.17) is 4.74 Å². The number of benzene rings is 1. The molecule has 1 aromatic carbocycles. The lowest BCUT2D eigenvalue weighted by Gasteiger charge is -2.35. The van der Waals surface area contributed by atoms with Gasteiger partial charge >= 0.3 is 0 Å². The Balaban J connectivity index is 1.49. The predicted molar refractivity (Wildman–Crippen MR) is 113 cm³/mol. The number of hydrogen-bond acceptors (Lipinski definition) is 4. The van der Waals surface area contributed by atoms with Gasteiger partial charge in [0, 0.05) is 26.2 Å². The number of ether oxygens (including phenoxy) is 1. The normalized spacial score (nSPS) is 21.5. The van der Waals surface area contributed by atoms with Gasteiger partial charge in [0.05, 0.1) is 11.9 Å². The summed E-state index contributed by atoms with van der Waals surface area (Å²) in [7, 11) is 0. The minimum absolute atomic E-state index is 0.247. The highest BCUT2D eigenvalue weighted by atomic mass is 32.2. The van der Waals surface area contributed by atoms with E-state index in [2.05, 4.69) is 41.0 Å². The summed E-state index contributed by atoms with van der Waals surface area (Å²) >= 11 is 1.62. The van der Waals surface area contributed by atoms with Crippen molar-refractivity contribution in [3.63, 3.8) is 0 Å². The van der Waals surface area contributed by atoms with Gasteiger partial charge in [-0.15, -0.1) is 0 Å². The van der Waals surface area contributed by atoms with Crippen molar-refractivity contribution in [1.82, 2.24) is 9.80 Å². The van der Waals surface area contributed by atoms with Crippen LogP contribution < -0.4 is 0 Å². The van der Waals surface area contributed by atoms with Crippen LogP contribution in [-0.2, 0) is 16.1 Å². The summed E-state index contributed by atoms with van der Waals surface area (Å²) in [5.74, 6) is 1.48. The van der Waals surface area contributed by atoms with Gasteiger partial charge in [0.15, 0.2) is 0 Å². The highest BCUT2D eigenvalue weighted by molar-refractivity contribution is 7.99. The van der Waals surface area contributed by atoms with E-state index in [0.717, 1.165) is 52.2 Å². The lowest BCUT2D eigenvalue weighted by Crippen LogP contribution is -2.44. The van der Waals surface area contributed by atoms with Gasteiger partial charge in [-0.3, -0.25) is 9.69 Å². The average Bonchev–Trinajstić information content (AvgIpc) is 3.18. The molecule has 0 spiro atoms. The third-order valence-corrected chi connectivity index (χ3v) is 6.45. The molecule has 27 heavy (non-hydrogen) atoms. The SMILES string of the molecule is CSCC(=O)N(CC1CCN(Cc2ccccc2C)CC1)CC1CCCO1. The molecule has 0 aromatic heterocycles. The number of piperidine rings is 1. The molecule has 1 atom stereocenters. The Kier molecular flexibility index (Phi) is 8.04. The molecular formula is C22H34N2O2S. The quantitative estimate of drug-likeness (QED) is 0.679. The molecule has 0 aliphatic carbocycles. The molecule has 0 saturated carbocycles. The number of amides is 1. The van der Waals surface area contributed by atoms with Crippen molar-refractivity contribution in [2.75, 3.05) is 44.8 Å². The minimum atomic E-state index is 0.247. The Bertz CT molecular complexity index is 596. The second-order valence-electron chi connectivity index (χ2n) is 8.01. The summed E-state index contributed by atoms with van der Waals surface area (Å²) in [5.41, 5.74) is 2.82. The molecule has 2 fully saturated rings. The minimum Gasteiger partial charge on any atom is -0.376 e. The smallest absolute Gasteiger partial charge is 0.232 e. The molecule has 2 saturated heterocycles. The van der Waals surface area contributed by atoms with Crippen molar-refractivity contribution in [1.29, 1.82) is 0 Å². The molecule has 4 nitrogen and oxygen atoms in total. The number of carbonyl (C=O) groups is 1. The van der Waals surface area contributed by atoms with Gasteiger partial charge in [0.25, 0.3) is 0 Å². The summed E-state index contributed by atoms with van der Waals surface area (Å²) < 4.78 is 5.79. The molecule has 2 aliphatic heterocycles. The monoisotopic (exact) mass is 390 g/mol. The predicted octanol–water partition coefficient (Wildman–Crippen LogP) is 3.58. The zero-order valence-electron chi connectivity index (χ0n) is 16.9. The highest BCUT2D eigenvalue weighted by Crippen LogP contribution is 2.23. The Morgan fingerprint density at radius 2 is 2.00 bits per heavy atom. The summed E-state index contributed by atoms with van der Waals surface area (Å²) in [6.45, 7) is 8.03. The molecule has 0 radical (unpaired) electrons. The number of thioether (sulfide) groups is 1. The zero-order valence-corrected chi connectivity index (χ0v) is 17.7. The molecular weight excluding hydrogens is 356 g/mol. The van der Waals surface area contributed by atoms with Gasteiger partial charge < -0.3 is 9.64 Å². The Hall–Kier alpha value is -1.04. The molecule has 1 aromatic rings. The average molecular weight is 391 g/mol. The Morgan fingerprint density at radius 3 is 2.67 bits per heavy atom. The van der Waals surface area contributed by atoms with Crippen LogP contribution in [-0.4, -0.2) is 66.6 Å². The van der Waals surface area contributed by atoms with Gasteiger partial charge in [-0.05, 0) is 69.0 Å². The first-order chi connectivity index (χ1) is 13.2. The maximum Gasteiger partial charge on any atom is 0.232 e. The molecule has 0 N–H and O–H groups in total. The van der Waals surface area contributed by atoms with Crippen molar-refractivity contribution in [3.8, 4) is 0 Å². The fourth-order valence-corrected chi connectivity index (χ4v) is 4.62. The van der Waals surface area contributed by atoms with Crippen molar-refractivity contribution >= 4 is 17.7 Å². The second kappa shape index (κ2) is 10.5. The van der Waals surface area contributed by atoms with Crippen molar-refractivity contribution in [2.24, 2.45) is 5.92 Å². The van der Waals surface area contributed by atoms with Gasteiger partial charge in [-0.2, -0.15) is 11.8 Å². The summed E-state index contributed by atoms with van der Waals surface area (Å²) in [4.78, 5) is 17.2. The highest BCUT2D eigenvalue weighted by Gasteiger charge is 2.27. The van der Waals surface area contributed by atoms with E-state index in [1.165, 1.54) is 24.0 Å². The standard InChI is InChI=1S/C22H34N2O2S/c1-18-6-3-4-7-20(18)15-23-11-9-19(10-12-23)14-24(22(25)17-27-2)16-21-8-5-13-26-21/h3-4,6-7,19,21H,5,8-17H2,1-2H3. The first-order valence-corrected chi connectivity index (χ1v) is 11.7. The van der Waals surface area contributed by atoms with Crippen molar-refractivity contribution in [2.45, 2.75) is 45.3 Å². The largest absolute Gasteiger partial charge is 0.376 e. The molecule has 1 amide bonds. The van der Waals surface area contributed by atoms with Crippen LogP contribution in [0.5, 0.6) is 0 Å². The second-order valence-corrected chi connectivity index (χ2v) is 8.88. The third kappa shape index (κ3) is 6.23. The van der Waals surface area contributed by atoms with E-state index in [1.807, 2.05) is 6.26 Å². The fourth-order valence-electron chi connectivity index (χ4n) is 4.19. The molecule has 5 heteroatoms. The molecule has 0 bridgehead atoms. The number of rotatable bonds is 8. The van der Waals surface area contributed by atoms with E-state index in [1.54, 1.807) is 11.8 Å². The van der Waals surface area contributed by atoms with Crippen LogP contribution in [0.2, 0.25) is 0 Å². The summed E-state index contributed by atoms with van der Waals surface area (Å²) in [5, 5.41) is 0. The topological polar surface area (TPSA) is 32.8 Å². The molecule has 3 rings (SSSR count). The van der Waals surface area contributed by atoms with Crippen molar-refractivity contribution < 1.29 is 9.53 Å². The van der Waals surface area contributed by atoms with Crippen LogP contribution in [0.15, 0.2) is 24.3 Å². The molecule has 2 heterocycles. The number of likely N-dealkylation sites (tertiary alicyclic amines) is 1. The van der Waals surface area contributed by atoms with Crippen LogP contribution in [0.4, 0.5) is 0 Å². The maximum atomic E-state index is 12.6. The number of hydrogen-bond donors (Lipinski definition) is 0. The molecule has 150 valence electrons. The summed E-state index contributed by atoms with van der Waals surface area (Å²) in [6, 6.07) is 8.68. The maximum absolute atomic E-state index is 12.6. The lowest BCUT2D eigenvalue weighted by molar-refractivity contribution is -0.130. The fraction of sp³-hybridized carbons (Fsp3) is 0.682. The van der Waals surface area contributed by atoms with Gasteiger partial charge in [-0.1, -0.05) is 24.3 Å². The van der Waals surface area contributed by atoms with E-state index in [9.17, 15) is 4.79 Å². The Labute approximate surface area is 168 Å². The van der Waals surface area contributed by atoms with E-state index in [-0.39, 0.29) is 12.0 Å². The summed E-state index contributed by atoms with van der Waals surface area (Å²) in [6.07, 6.45) is 6.84. The van der Waals surface area contributed by atoms with Gasteiger partial charge in [0.1, 0.15) is 0 Å². The van der Waals surface area contributed by atoms with Crippen LogP contribution in [0.1, 0.15) is 36.8 Å². The van der Waals surface area contributed by atoms with Crippen LogP contribution in [0, 0.1) is 12.8 Å². The number of aryl methyl sites for hydroxylation is 1. The number of carbonyl (C=O) groups excluding carboxylic acids is 1. The van der Waals surface area contributed by atoms with E-state index < -0.39 is 0 Å². The Morgan fingerprint density at radius 1 is 1.22 bits per heavy atom. The van der Waals surface area contributed by atoms with Crippen molar-refractivity contribution in [3.05, 3.63) is 35.4 Å². The zero-order chi connectivity index (χ0) is 19.1. The van der Waals surface area contributed by atoms with E-state index in [0.29, 0.717) is 11.7 Å². The lowest BCUT2D eigenvalue weighted by atomic mass is 9.95.